The summed E-state index contributed by atoms with van der Waals surface area (Å²) in [5.74, 6) is 1.71. The van der Waals surface area contributed by atoms with Crippen LogP contribution in [0.2, 0.25) is 0 Å². The predicted molar refractivity (Wildman–Crippen MR) is 90.9 cm³/mol. The Bertz CT molecular complexity index is 389. The molecule has 0 amide bonds. The van der Waals surface area contributed by atoms with Gasteiger partial charge in [-0.2, -0.15) is 0 Å². The molecular weight excluding hydrogens is 260 g/mol. The number of likely N-dealkylation sites (N-methyl/N-ethyl adjacent to an activating group) is 1. The second-order valence-electron chi connectivity index (χ2n) is 5.82. The molecule has 0 aliphatic rings. The van der Waals surface area contributed by atoms with Gasteiger partial charge < -0.3 is 15.0 Å². The summed E-state index contributed by atoms with van der Waals surface area (Å²) >= 11 is 0. The molecule has 0 spiro atoms. The second kappa shape index (κ2) is 9.80. The lowest BCUT2D eigenvalue weighted by atomic mass is 9.93. The molecule has 0 aliphatic carbocycles. The lowest BCUT2D eigenvalue weighted by Crippen LogP contribution is -2.42. The molecule has 0 bridgehead atoms. The summed E-state index contributed by atoms with van der Waals surface area (Å²) in [5, 5.41) is 3.60. The first-order chi connectivity index (χ1) is 10.1. The van der Waals surface area contributed by atoms with Crippen LogP contribution < -0.4 is 10.1 Å². The molecule has 0 saturated carbocycles. The Balaban J connectivity index is 2.52. The SMILES string of the molecule is CCOc1cccc(CNCC(C(CC)CC)N(C)C)c1. The summed E-state index contributed by atoms with van der Waals surface area (Å²) in [4.78, 5) is 2.35. The van der Waals surface area contributed by atoms with E-state index in [2.05, 4.69) is 56.4 Å². The first-order valence-corrected chi connectivity index (χ1v) is 8.21. The van der Waals surface area contributed by atoms with Gasteiger partial charge in [-0.1, -0.05) is 38.8 Å². The van der Waals surface area contributed by atoms with Crippen molar-refractivity contribution in [1.82, 2.24) is 10.2 Å². The van der Waals surface area contributed by atoms with Crippen molar-refractivity contribution in [2.75, 3.05) is 27.2 Å². The predicted octanol–water partition coefficient (Wildman–Crippen LogP) is 3.54. The van der Waals surface area contributed by atoms with E-state index < -0.39 is 0 Å². The van der Waals surface area contributed by atoms with Gasteiger partial charge in [0.15, 0.2) is 0 Å². The summed E-state index contributed by atoms with van der Waals surface area (Å²) in [6.45, 7) is 9.23. The molecule has 3 heteroatoms. The number of nitrogens with zero attached hydrogens (tertiary/aromatic N) is 1. The molecule has 0 aliphatic heterocycles. The highest BCUT2D eigenvalue weighted by molar-refractivity contribution is 5.28. The van der Waals surface area contributed by atoms with Gasteiger partial charge in [0.2, 0.25) is 0 Å². The van der Waals surface area contributed by atoms with Crippen LogP contribution in [0.25, 0.3) is 0 Å². The molecule has 1 aromatic rings. The normalized spacial score (nSPS) is 12.9. The zero-order valence-corrected chi connectivity index (χ0v) is 14.4. The number of ether oxygens (including phenoxy) is 1. The monoisotopic (exact) mass is 292 g/mol. The van der Waals surface area contributed by atoms with E-state index in [0.717, 1.165) is 24.8 Å². The first-order valence-electron chi connectivity index (χ1n) is 8.21. The Morgan fingerprint density at radius 2 is 1.86 bits per heavy atom. The van der Waals surface area contributed by atoms with E-state index >= 15 is 0 Å². The van der Waals surface area contributed by atoms with Crippen LogP contribution in [-0.2, 0) is 6.54 Å². The van der Waals surface area contributed by atoms with E-state index in [1.165, 1.54) is 18.4 Å². The molecule has 1 rings (SSSR count). The third kappa shape index (κ3) is 6.06. The summed E-state index contributed by atoms with van der Waals surface area (Å²) in [6, 6.07) is 8.94. The molecule has 3 nitrogen and oxygen atoms in total. The fraction of sp³-hybridized carbons (Fsp3) is 0.667. The van der Waals surface area contributed by atoms with E-state index in [4.69, 9.17) is 4.74 Å². The van der Waals surface area contributed by atoms with Crippen LogP contribution in [0.5, 0.6) is 5.75 Å². The molecule has 1 N–H and O–H groups in total. The van der Waals surface area contributed by atoms with Gasteiger partial charge in [-0.15, -0.1) is 0 Å². The molecule has 0 fully saturated rings. The van der Waals surface area contributed by atoms with E-state index in [1.54, 1.807) is 0 Å². The van der Waals surface area contributed by atoms with E-state index in [0.29, 0.717) is 12.6 Å². The number of hydrogen-bond donors (Lipinski definition) is 1. The Labute approximate surface area is 130 Å². The largest absolute Gasteiger partial charge is 0.494 e. The standard InChI is InChI=1S/C18H32N2O/c1-6-16(7-2)18(20(4)5)14-19-13-15-10-9-11-17(12-15)21-8-3/h9-12,16,18-19H,6-8,13-14H2,1-5H3. The van der Waals surface area contributed by atoms with Crippen LogP contribution in [0.15, 0.2) is 24.3 Å². The van der Waals surface area contributed by atoms with Gasteiger partial charge in [0.1, 0.15) is 5.75 Å². The number of hydrogen-bond acceptors (Lipinski definition) is 3. The Morgan fingerprint density at radius 1 is 1.14 bits per heavy atom. The zero-order valence-electron chi connectivity index (χ0n) is 14.4. The third-order valence-corrected chi connectivity index (χ3v) is 4.15. The molecule has 21 heavy (non-hydrogen) atoms. The topological polar surface area (TPSA) is 24.5 Å². The smallest absolute Gasteiger partial charge is 0.119 e. The van der Waals surface area contributed by atoms with Crippen LogP contribution in [0, 0.1) is 5.92 Å². The molecule has 0 heterocycles. The van der Waals surface area contributed by atoms with Crippen molar-refractivity contribution in [3.05, 3.63) is 29.8 Å². The molecular formula is C18H32N2O. The number of nitrogens with one attached hydrogen (secondary N) is 1. The van der Waals surface area contributed by atoms with Crippen molar-refractivity contribution >= 4 is 0 Å². The maximum atomic E-state index is 5.55. The average molecular weight is 292 g/mol. The summed E-state index contributed by atoms with van der Waals surface area (Å²) < 4.78 is 5.55. The van der Waals surface area contributed by atoms with Gasteiger partial charge in [0.25, 0.3) is 0 Å². The van der Waals surface area contributed by atoms with Crippen molar-refractivity contribution in [3.63, 3.8) is 0 Å². The minimum Gasteiger partial charge on any atom is -0.494 e. The molecule has 0 radical (unpaired) electrons. The van der Waals surface area contributed by atoms with Crippen LogP contribution in [0.3, 0.4) is 0 Å². The van der Waals surface area contributed by atoms with Crippen molar-refractivity contribution in [2.24, 2.45) is 5.92 Å². The molecule has 0 aromatic heterocycles. The van der Waals surface area contributed by atoms with Gasteiger partial charge in [-0.3, -0.25) is 0 Å². The average Bonchev–Trinajstić information content (AvgIpc) is 2.47. The number of benzene rings is 1. The van der Waals surface area contributed by atoms with E-state index in [1.807, 2.05) is 13.0 Å². The van der Waals surface area contributed by atoms with Crippen LogP contribution >= 0.6 is 0 Å². The zero-order chi connectivity index (χ0) is 15.7. The Hall–Kier alpha value is -1.06. The summed E-state index contributed by atoms with van der Waals surface area (Å²) in [5.41, 5.74) is 1.28. The van der Waals surface area contributed by atoms with Crippen LogP contribution in [0.1, 0.15) is 39.2 Å². The molecule has 1 atom stereocenters. The highest BCUT2D eigenvalue weighted by atomic mass is 16.5. The molecule has 0 saturated heterocycles. The highest BCUT2D eigenvalue weighted by Crippen LogP contribution is 2.17. The van der Waals surface area contributed by atoms with Gasteiger partial charge >= 0.3 is 0 Å². The number of rotatable bonds is 10. The quantitative estimate of drug-likeness (QED) is 0.714. The maximum Gasteiger partial charge on any atom is 0.119 e. The van der Waals surface area contributed by atoms with Crippen LogP contribution in [0.4, 0.5) is 0 Å². The minimum absolute atomic E-state index is 0.593. The summed E-state index contributed by atoms with van der Waals surface area (Å²) in [7, 11) is 4.36. The maximum absolute atomic E-state index is 5.55. The second-order valence-corrected chi connectivity index (χ2v) is 5.82. The van der Waals surface area contributed by atoms with Crippen molar-refractivity contribution in [2.45, 2.75) is 46.2 Å². The van der Waals surface area contributed by atoms with E-state index in [-0.39, 0.29) is 0 Å². The van der Waals surface area contributed by atoms with E-state index in [9.17, 15) is 0 Å². The summed E-state index contributed by atoms with van der Waals surface area (Å²) in [6.07, 6.45) is 2.47. The molecule has 1 aromatic carbocycles. The minimum atomic E-state index is 0.593. The first kappa shape index (κ1) is 18.0. The lowest BCUT2D eigenvalue weighted by Gasteiger charge is -2.31. The lowest BCUT2D eigenvalue weighted by molar-refractivity contribution is 0.194. The molecule has 1 unspecified atom stereocenters. The Morgan fingerprint density at radius 3 is 2.43 bits per heavy atom. The van der Waals surface area contributed by atoms with Gasteiger partial charge in [-0.05, 0) is 44.6 Å². The fourth-order valence-corrected chi connectivity index (χ4v) is 2.88. The van der Waals surface area contributed by atoms with Crippen LogP contribution in [-0.4, -0.2) is 38.2 Å². The van der Waals surface area contributed by atoms with Gasteiger partial charge in [0, 0.05) is 19.1 Å². The van der Waals surface area contributed by atoms with Crippen molar-refractivity contribution in [1.29, 1.82) is 0 Å². The van der Waals surface area contributed by atoms with Gasteiger partial charge in [-0.25, -0.2) is 0 Å². The molecule has 120 valence electrons. The fourth-order valence-electron chi connectivity index (χ4n) is 2.88. The Kier molecular flexibility index (Phi) is 8.40. The third-order valence-electron chi connectivity index (χ3n) is 4.15. The van der Waals surface area contributed by atoms with Crippen molar-refractivity contribution < 1.29 is 4.74 Å². The van der Waals surface area contributed by atoms with Gasteiger partial charge in [0.05, 0.1) is 6.61 Å². The highest BCUT2D eigenvalue weighted by Gasteiger charge is 2.19. The van der Waals surface area contributed by atoms with Crippen molar-refractivity contribution in [3.8, 4) is 5.75 Å².